The van der Waals surface area contributed by atoms with E-state index in [-0.39, 0.29) is 36.1 Å². The summed E-state index contributed by atoms with van der Waals surface area (Å²) in [5.41, 5.74) is 2.80. The largest absolute Gasteiger partial charge is 0.486 e. The van der Waals surface area contributed by atoms with Gasteiger partial charge in [0.15, 0.2) is 11.6 Å². The molecule has 0 aliphatic heterocycles. The molecular weight excluding hydrogens is 460 g/mol. The van der Waals surface area contributed by atoms with Crippen LogP contribution in [-0.2, 0) is 13.0 Å². The van der Waals surface area contributed by atoms with Gasteiger partial charge in [0.1, 0.15) is 18.3 Å². The molecule has 1 amide bonds. The molecule has 0 spiro atoms. The fraction of sp³-hybridized carbons (Fsp3) is 0.172. The Morgan fingerprint density at radius 3 is 2.44 bits per heavy atom. The van der Waals surface area contributed by atoms with Crippen molar-refractivity contribution in [1.82, 2.24) is 10.3 Å². The van der Waals surface area contributed by atoms with Gasteiger partial charge in [0.05, 0.1) is 5.56 Å². The van der Waals surface area contributed by atoms with Crippen LogP contribution >= 0.6 is 0 Å². The lowest BCUT2D eigenvalue weighted by atomic mass is 10.0. The lowest BCUT2D eigenvalue weighted by Gasteiger charge is -2.15. The molecule has 0 bridgehead atoms. The van der Waals surface area contributed by atoms with Crippen LogP contribution < -0.4 is 15.4 Å². The smallest absolute Gasteiger partial charge is 0.255 e. The maximum absolute atomic E-state index is 14.7. The SMILES string of the molecule is C=C(F)/C=C\C(=C)Cc1ccnc(Nc2ccc(OCc3ccccc3)c(F)c2)c1C(=O)NC.CC. The summed E-state index contributed by atoms with van der Waals surface area (Å²) >= 11 is 0. The van der Waals surface area contributed by atoms with Crippen LogP contribution in [0.2, 0.25) is 0 Å². The maximum atomic E-state index is 14.7. The zero-order valence-electron chi connectivity index (χ0n) is 20.8. The Hall–Kier alpha value is -4.26. The van der Waals surface area contributed by atoms with Crippen LogP contribution in [-0.4, -0.2) is 17.9 Å². The van der Waals surface area contributed by atoms with E-state index in [0.717, 1.165) is 5.56 Å². The first-order chi connectivity index (χ1) is 17.4. The van der Waals surface area contributed by atoms with E-state index in [1.807, 2.05) is 44.2 Å². The molecule has 0 saturated carbocycles. The molecule has 2 N–H and O–H groups in total. The Bertz CT molecular complexity index is 1220. The second kappa shape index (κ2) is 14.2. The summed E-state index contributed by atoms with van der Waals surface area (Å²) in [5, 5.41) is 5.59. The second-order valence-corrected chi connectivity index (χ2v) is 7.43. The van der Waals surface area contributed by atoms with Gasteiger partial charge >= 0.3 is 0 Å². The first kappa shape index (κ1) is 28.0. The quantitative estimate of drug-likeness (QED) is 0.298. The van der Waals surface area contributed by atoms with E-state index in [0.29, 0.717) is 16.8 Å². The summed E-state index contributed by atoms with van der Waals surface area (Å²) in [6.45, 7) is 11.3. The van der Waals surface area contributed by atoms with Gasteiger partial charge in [0, 0.05) is 25.0 Å². The van der Waals surface area contributed by atoms with Crippen LogP contribution in [0.5, 0.6) is 5.75 Å². The molecule has 0 aliphatic carbocycles. The van der Waals surface area contributed by atoms with Gasteiger partial charge in [0.2, 0.25) is 0 Å². The minimum atomic E-state index is -0.594. The van der Waals surface area contributed by atoms with Crippen LogP contribution in [0.3, 0.4) is 0 Å². The Labute approximate surface area is 211 Å². The minimum absolute atomic E-state index is 0.111. The van der Waals surface area contributed by atoms with Crippen molar-refractivity contribution in [2.75, 3.05) is 12.4 Å². The number of aromatic nitrogens is 1. The van der Waals surface area contributed by atoms with Gasteiger partial charge in [-0.15, -0.1) is 0 Å². The molecule has 3 aromatic rings. The number of carbonyl (C=O) groups is 1. The van der Waals surface area contributed by atoms with Crippen LogP contribution in [0.4, 0.5) is 20.3 Å². The highest BCUT2D eigenvalue weighted by Crippen LogP contribution is 2.27. The fourth-order valence-corrected chi connectivity index (χ4v) is 3.20. The van der Waals surface area contributed by atoms with E-state index in [1.54, 1.807) is 12.1 Å². The summed E-state index contributed by atoms with van der Waals surface area (Å²) in [6.07, 6.45) is 4.51. The number of allylic oxidation sites excluding steroid dienone is 4. The second-order valence-electron chi connectivity index (χ2n) is 7.43. The first-order valence-corrected chi connectivity index (χ1v) is 11.5. The summed E-state index contributed by atoms with van der Waals surface area (Å²) < 4.78 is 33.2. The molecule has 0 saturated heterocycles. The van der Waals surface area contributed by atoms with E-state index in [2.05, 4.69) is 28.8 Å². The Kier molecular flexibility index (Phi) is 11.0. The number of carbonyl (C=O) groups excluding carboxylic acids is 1. The lowest BCUT2D eigenvalue weighted by Crippen LogP contribution is -2.22. The van der Waals surface area contributed by atoms with Gasteiger partial charge in [-0.05, 0) is 41.8 Å². The zero-order valence-corrected chi connectivity index (χ0v) is 20.8. The number of nitrogens with one attached hydrogen (secondary N) is 2. The number of amides is 1. The summed E-state index contributed by atoms with van der Waals surface area (Å²) in [5.74, 6) is -1.16. The average molecular weight is 492 g/mol. The van der Waals surface area contributed by atoms with Crippen LogP contribution in [0, 0.1) is 5.82 Å². The topological polar surface area (TPSA) is 63.3 Å². The Morgan fingerprint density at radius 2 is 1.81 bits per heavy atom. The van der Waals surface area contributed by atoms with Gasteiger partial charge in [-0.3, -0.25) is 4.79 Å². The number of hydrogen-bond acceptors (Lipinski definition) is 4. The molecular formula is C29H31F2N3O2. The Morgan fingerprint density at radius 1 is 1.08 bits per heavy atom. The van der Waals surface area contributed by atoms with E-state index < -0.39 is 11.6 Å². The first-order valence-electron chi connectivity index (χ1n) is 11.5. The van der Waals surface area contributed by atoms with Gasteiger partial charge < -0.3 is 15.4 Å². The van der Waals surface area contributed by atoms with Gasteiger partial charge in [-0.1, -0.05) is 69.0 Å². The number of rotatable bonds is 10. The summed E-state index contributed by atoms with van der Waals surface area (Å²) in [6, 6.07) is 15.6. The van der Waals surface area contributed by atoms with Crippen LogP contribution in [0.15, 0.2) is 97.5 Å². The number of halogens is 2. The molecule has 0 unspecified atom stereocenters. The molecule has 36 heavy (non-hydrogen) atoms. The molecule has 0 atom stereocenters. The van der Waals surface area contributed by atoms with E-state index in [9.17, 15) is 13.6 Å². The number of anilines is 2. The van der Waals surface area contributed by atoms with Crippen molar-refractivity contribution in [3.63, 3.8) is 0 Å². The van der Waals surface area contributed by atoms with Crippen molar-refractivity contribution >= 4 is 17.4 Å². The van der Waals surface area contributed by atoms with Crippen LogP contribution in [0.25, 0.3) is 0 Å². The maximum Gasteiger partial charge on any atom is 0.255 e. The van der Waals surface area contributed by atoms with Crippen molar-refractivity contribution in [2.24, 2.45) is 0 Å². The van der Waals surface area contributed by atoms with Crippen LogP contribution in [0.1, 0.15) is 35.3 Å². The third-order valence-electron chi connectivity index (χ3n) is 4.84. The van der Waals surface area contributed by atoms with Crippen molar-refractivity contribution < 1.29 is 18.3 Å². The summed E-state index contributed by atoms with van der Waals surface area (Å²) in [4.78, 5) is 16.9. The highest BCUT2D eigenvalue weighted by Gasteiger charge is 2.18. The number of hydrogen-bond donors (Lipinski definition) is 2. The van der Waals surface area contributed by atoms with Gasteiger partial charge in [-0.25, -0.2) is 13.8 Å². The molecule has 188 valence electrons. The van der Waals surface area contributed by atoms with Gasteiger partial charge in [-0.2, -0.15) is 0 Å². The van der Waals surface area contributed by atoms with E-state index in [4.69, 9.17) is 4.74 Å². The highest BCUT2D eigenvalue weighted by atomic mass is 19.1. The van der Waals surface area contributed by atoms with Gasteiger partial charge in [0.25, 0.3) is 5.91 Å². The predicted molar refractivity (Wildman–Crippen MR) is 142 cm³/mol. The minimum Gasteiger partial charge on any atom is -0.486 e. The third-order valence-corrected chi connectivity index (χ3v) is 4.84. The molecule has 7 heteroatoms. The van der Waals surface area contributed by atoms with Crippen molar-refractivity contribution in [2.45, 2.75) is 26.9 Å². The number of ether oxygens (including phenoxy) is 1. The Balaban J connectivity index is 0.00000222. The van der Waals surface area contributed by atoms with E-state index in [1.165, 1.54) is 37.5 Å². The zero-order chi connectivity index (χ0) is 26.5. The average Bonchev–Trinajstić information content (AvgIpc) is 2.88. The molecule has 1 heterocycles. The van der Waals surface area contributed by atoms with E-state index >= 15 is 0 Å². The fourth-order valence-electron chi connectivity index (χ4n) is 3.20. The third kappa shape index (κ3) is 8.20. The highest BCUT2D eigenvalue weighted by molar-refractivity contribution is 6.00. The molecule has 0 fully saturated rings. The predicted octanol–water partition coefficient (Wildman–Crippen LogP) is 7.07. The number of nitrogens with zero attached hydrogens (tertiary/aromatic N) is 1. The number of benzene rings is 2. The van der Waals surface area contributed by atoms with Crippen molar-refractivity contribution in [1.29, 1.82) is 0 Å². The molecule has 1 aromatic heterocycles. The molecule has 0 radical (unpaired) electrons. The normalized spacial score (nSPS) is 10.2. The summed E-state index contributed by atoms with van der Waals surface area (Å²) in [7, 11) is 1.50. The molecule has 0 aliphatic rings. The molecule has 5 nitrogen and oxygen atoms in total. The van der Waals surface area contributed by atoms with Crippen molar-refractivity contribution in [3.8, 4) is 5.75 Å². The molecule has 3 rings (SSSR count). The lowest BCUT2D eigenvalue weighted by molar-refractivity contribution is 0.0963. The number of pyridine rings is 1. The molecule has 2 aromatic carbocycles. The van der Waals surface area contributed by atoms with Crippen molar-refractivity contribution in [3.05, 3.63) is 120 Å². The standard InChI is InChI=1S/C27H25F2N3O2.C2H6/c1-18(9-10-19(2)28)15-21-13-14-31-26(25(21)27(33)30-3)32-22-11-12-24(23(29)16-22)34-17-20-7-5-4-6-8-20;1-2/h4-14,16H,1-2,15,17H2,3H3,(H,30,33)(H,31,32);1-2H3/b10-9-;. The monoisotopic (exact) mass is 491 g/mol.